The van der Waals surface area contributed by atoms with Crippen LogP contribution in [0.15, 0.2) is 57.8 Å². The van der Waals surface area contributed by atoms with Gasteiger partial charge in [0.1, 0.15) is 22.6 Å². The third-order valence-corrected chi connectivity index (χ3v) is 4.91. The molecule has 0 saturated carbocycles. The lowest BCUT2D eigenvalue weighted by atomic mass is 10.1. The highest BCUT2D eigenvalue weighted by atomic mass is 16.5. The van der Waals surface area contributed by atoms with E-state index in [0.29, 0.717) is 28.0 Å². The zero-order valence-corrected chi connectivity index (χ0v) is 17.6. The van der Waals surface area contributed by atoms with Gasteiger partial charge in [-0.2, -0.15) is 0 Å². The standard InChI is InChI=1S/C24H25NO5/c1-5-25(6-2)18-9-8-17-13-21(24(27)30-23(17)14-18)22(26)10-7-16-11-19(28-3)15-20(12-16)29-4/h7-15H,5-6H2,1-4H3/b10-7+. The second-order valence-corrected chi connectivity index (χ2v) is 6.69. The van der Waals surface area contributed by atoms with Gasteiger partial charge in [-0.25, -0.2) is 4.79 Å². The van der Waals surface area contributed by atoms with Gasteiger partial charge in [0.05, 0.1) is 14.2 Å². The number of hydrogen-bond donors (Lipinski definition) is 0. The lowest BCUT2D eigenvalue weighted by Gasteiger charge is -2.20. The van der Waals surface area contributed by atoms with Gasteiger partial charge in [0.25, 0.3) is 0 Å². The number of anilines is 1. The predicted molar refractivity (Wildman–Crippen MR) is 119 cm³/mol. The summed E-state index contributed by atoms with van der Waals surface area (Å²) in [5, 5.41) is 0.699. The summed E-state index contributed by atoms with van der Waals surface area (Å²) >= 11 is 0. The van der Waals surface area contributed by atoms with E-state index in [1.807, 2.05) is 18.2 Å². The van der Waals surface area contributed by atoms with Crippen molar-refractivity contribution in [3.63, 3.8) is 0 Å². The topological polar surface area (TPSA) is 69.0 Å². The van der Waals surface area contributed by atoms with Crippen molar-refractivity contribution in [1.29, 1.82) is 0 Å². The van der Waals surface area contributed by atoms with Crippen molar-refractivity contribution < 1.29 is 18.7 Å². The van der Waals surface area contributed by atoms with Crippen LogP contribution in [0, 0.1) is 0 Å². The lowest BCUT2D eigenvalue weighted by Crippen LogP contribution is -2.21. The molecule has 0 unspecified atom stereocenters. The molecular weight excluding hydrogens is 382 g/mol. The number of rotatable bonds is 8. The first-order valence-corrected chi connectivity index (χ1v) is 9.77. The van der Waals surface area contributed by atoms with Crippen molar-refractivity contribution in [2.24, 2.45) is 0 Å². The van der Waals surface area contributed by atoms with Crippen LogP contribution in [0.1, 0.15) is 29.8 Å². The van der Waals surface area contributed by atoms with E-state index in [1.165, 1.54) is 6.08 Å². The van der Waals surface area contributed by atoms with Gasteiger partial charge in [-0.15, -0.1) is 0 Å². The molecule has 0 atom stereocenters. The molecule has 0 fully saturated rings. The molecule has 0 N–H and O–H groups in total. The molecule has 6 nitrogen and oxygen atoms in total. The van der Waals surface area contributed by atoms with Crippen molar-refractivity contribution in [3.05, 3.63) is 70.1 Å². The maximum absolute atomic E-state index is 12.6. The molecule has 1 heterocycles. The first-order chi connectivity index (χ1) is 14.5. The number of ketones is 1. The fourth-order valence-electron chi connectivity index (χ4n) is 3.24. The molecule has 3 rings (SSSR count). The van der Waals surface area contributed by atoms with E-state index in [4.69, 9.17) is 13.9 Å². The second-order valence-electron chi connectivity index (χ2n) is 6.69. The number of carbonyl (C=O) groups is 1. The van der Waals surface area contributed by atoms with Crippen LogP contribution >= 0.6 is 0 Å². The van der Waals surface area contributed by atoms with Crippen molar-refractivity contribution >= 4 is 28.5 Å². The molecule has 0 radical (unpaired) electrons. The summed E-state index contributed by atoms with van der Waals surface area (Å²) < 4.78 is 15.9. The first kappa shape index (κ1) is 21.2. The van der Waals surface area contributed by atoms with Gasteiger partial charge >= 0.3 is 5.63 Å². The van der Waals surface area contributed by atoms with Gasteiger partial charge in [-0.1, -0.05) is 6.08 Å². The molecule has 0 spiro atoms. The third-order valence-electron chi connectivity index (χ3n) is 4.91. The van der Waals surface area contributed by atoms with Gasteiger partial charge in [-0.3, -0.25) is 4.79 Å². The fraction of sp³-hybridized carbons (Fsp3) is 0.250. The van der Waals surface area contributed by atoms with E-state index >= 15 is 0 Å². The summed E-state index contributed by atoms with van der Waals surface area (Å²) in [5.74, 6) is 0.784. The number of fused-ring (bicyclic) bond motifs is 1. The molecule has 0 aliphatic carbocycles. The minimum atomic E-state index is -0.655. The monoisotopic (exact) mass is 407 g/mol. The van der Waals surface area contributed by atoms with E-state index in [-0.39, 0.29) is 5.56 Å². The highest BCUT2D eigenvalue weighted by Gasteiger charge is 2.13. The molecule has 0 aliphatic rings. The number of hydrogen-bond acceptors (Lipinski definition) is 6. The van der Waals surface area contributed by atoms with Crippen LogP contribution in [-0.2, 0) is 0 Å². The molecule has 0 saturated heterocycles. The molecule has 1 aromatic heterocycles. The van der Waals surface area contributed by atoms with Gasteiger partial charge < -0.3 is 18.8 Å². The van der Waals surface area contributed by atoms with Crippen LogP contribution in [0.4, 0.5) is 5.69 Å². The average molecular weight is 407 g/mol. The molecule has 156 valence electrons. The van der Waals surface area contributed by atoms with Crippen LogP contribution < -0.4 is 20.0 Å². The Morgan fingerprint density at radius 2 is 1.67 bits per heavy atom. The lowest BCUT2D eigenvalue weighted by molar-refractivity contribution is 0.104. The van der Waals surface area contributed by atoms with Crippen LogP contribution in [0.25, 0.3) is 17.0 Å². The van der Waals surface area contributed by atoms with Gasteiger partial charge in [0, 0.05) is 36.3 Å². The fourth-order valence-corrected chi connectivity index (χ4v) is 3.24. The van der Waals surface area contributed by atoms with Gasteiger partial charge in [0.15, 0.2) is 5.78 Å². The Labute approximate surface area is 175 Å². The Bertz CT molecular complexity index is 1120. The molecule has 0 aliphatic heterocycles. The van der Waals surface area contributed by atoms with E-state index in [2.05, 4.69) is 18.7 Å². The largest absolute Gasteiger partial charge is 0.497 e. The van der Waals surface area contributed by atoms with Crippen LogP contribution in [-0.4, -0.2) is 33.1 Å². The smallest absolute Gasteiger partial charge is 0.347 e. The summed E-state index contributed by atoms with van der Waals surface area (Å²) in [4.78, 5) is 27.2. The Kier molecular flexibility index (Phi) is 6.57. The highest BCUT2D eigenvalue weighted by Crippen LogP contribution is 2.24. The molecule has 0 amide bonds. The second kappa shape index (κ2) is 9.31. The zero-order chi connectivity index (χ0) is 21.7. The minimum absolute atomic E-state index is 0.01000. The van der Waals surface area contributed by atoms with Gasteiger partial charge in [0.2, 0.25) is 0 Å². The number of methoxy groups -OCH3 is 2. The van der Waals surface area contributed by atoms with E-state index < -0.39 is 11.4 Å². The summed E-state index contributed by atoms with van der Waals surface area (Å²) in [5.41, 5.74) is 1.49. The molecular formula is C24H25NO5. The predicted octanol–water partition coefficient (Wildman–Crippen LogP) is 4.55. The zero-order valence-electron chi connectivity index (χ0n) is 17.6. The SMILES string of the molecule is CCN(CC)c1ccc2cc(C(=O)/C=C/c3cc(OC)cc(OC)c3)c(=O)oc2c1. The van der Waals surface area contributed by atoms with Crippen LogP contribution in [0.2, 0.25) is 0 Å². The normalized spacial score (nSPS) is 11.1. The van der Waals surface area contributed by atoms with Crippen LogP contribution in [0.3, 0.4) is 0 Å². The number of ether oxygens (including phenoxy) is 2. The average Bonchev–Trinajstić information content (AvgIpc) is 2.77. The molecule has 2 aromatic carbocycles. The molecule has 30 heavy (non-hydrogen) atoms. The Morgan fingerprint density at radius 3 is 2.27 bits per heavy atom. The van der Waals surface area contributed by atoms with Crippen molar-refractivity contribution in [2.75, 3.05) is 32.2 Å². The number of benzene rings is 2. The van der Waals surface area contributed by atoms with E-state index in [9.17, 15) is 9.59 Å². The number of nitrogens with zero attached hydrogens (tertiary/aromatic N) is 1. The summed E-state index contributed by atoms with van der Waals surface area (Å²) in [6.45, 7) is 5.83. The summed E-state index contributed by atoms with van der Waals surface area (Å²) in [6, 6.07) is 12.5. The highest BCUT2D eigenvalue weighted by molar-refractivity contribution is 6.07. The maximum atomic E-state index is 12.6. The van der Waals surface area contributed by atoms with Crippen molar-refractivity contribution in [3.8, 4) is 11.5 Å². The van der Waals surface area contributed by atoms with Gasteiger partial charge in [-0.05, 0) is 55.8 Å². The Hall–Kier alpha value is -3.54. The summed E-state index contributed by atoms with van der Waals surface area (Å²) in [6.07, 6.45) is 2.96. The maximum Gasteiger partial charge on any atom is 0.347 e. The van der Waals surface area contributed by atoms with Crippen molar-refractivity contribution in [2.45, 2.75) is 13.8 Å². The molecule has 0 bridgehead atoms. The van der Waals surface area contributed by atoms with E-state index in [1.54, 1.807) is 44.6 Å². The quantitative estimate of drug-likeness (QED) is 0.310. The molecule has 6 heteroatoms. The number of allylic oxidation sites excluding steroid dienone is 1. The number of carbonyl (C=O) groups excluding carboxylic acids is 1. The van der Waals surface area contributed by atoms with Crippen LogP contribution in [0.5, 0.6) is 11.5 Å². The van der Waals surface area contributed by atoms with Crippen molar-refractivity contribution in [1.82, 2.24) is 0 Å². The summed E-state index contributed by atoms with van der Waals surface area (Å²) in [7, 11) is 3.11. The first-order valence-electron chi connectivity index (χ1n) is 9.77. The van der Waals surface area contributed by atoms with E-state index in [0.717, 1.165) is 18.8 Å². The Balaban J connectivity index is 1.91. The third kappa shape index (κ3) is 4.54. The minimum Gasteiger partial charge on any atom is -0.497 e. The Morgan fingerprint density at radius 1 is 1.00 bits per heavy atom. The molecule has 3 aromatic rings.